The van der Waals surface area contributed by atoms with Crippen molar-refractivity contribution >= 4 is 49.7 Å². The van der Waals surface area contributed by atoms with E-state index >= 15 is 0 Å². The smallest absolute Gasteiger partial charge is 0.275 e. The number of amides is 1. The molecule has 25 heavy (non-hydrogen) atoms. The first-order valence-corrected chi connectivity index (χ1v) is 8.53. The van der Waals surface area contributed by atoms with Crippen LogP contribution in [0.3, 0.4) is 0 Å². The van der Waals surface area contributed by atoms with E-state index in [4.69, 9.17) is 4.74 Å². The van der Waals surface area contributed by atoms with Crippen LogP contribution in [-0.2, 0) is 0 Å². The molecule has 0 unspecified atom stereocenters. The molecule has 2 aromatic carbocycles. The van der Waals surface area contributed by atoms with Crippen LogP contribution in [0.1, 0.15) is 21.5 Å². The van der Waals surface area contributed by atoms with E-state index in [1.54, 1.807) is 0 Å². The largest absolute Gasteiger partial charge is 0.496 e. The van der Waals surface area contributed by atoms with Gasteiger partial charge in [-0.2, -0.15) is 5.10 Å². The van der Waals surface area contributed by atoms with Gasteiger partial charge in [0, 0.05) is 21.1 Å². The number of rotatable bonds is 5. The Bertz CT molecular complexity index is 845. The zero-order valence-electron chi connectivity index (χ0n) is 13.2. The van der Waals surface area contributed by atoms with Gasteiger partial charge in [-0.25, -0.2) is 5.43 Å². The van der Waals surface area contributed by atoms with Crippen molar-refractivity contribution in [2.24, 2.45) is 5.10 Å². The standard InChI is InChI=1S/C16H13Br2N3O4/c1-9-13(17)5-10(6-14(9)18)8-19-20-16(22)12-7-11(21(23)24)3-4-15(12)25-2/h3-8H,1-2H3,(H,20,22)/b19-8-. The number of benzene rings is 2. The Morgan fingerprint density at radius 3 is 2.48 bits per heavy atom. The zero-order valence-corrected chi connectivity index (χ0v) is 16.4. The first kappa shape index (κ1) is 19.1. The molecule has 7 nitrogen and oxygen atoms in total. The highest BCUT2D eigenvalue weighted by Crippen LogP contribution is 2.26. The fraction of sp³-hybridized carbons (Fsp3) is 0.125. The molecule has 0 saturated carbocycles. The molecule has 1 amide bonds. The minimum atomic E-state index is -0.609. The Hall–Kier alpha value is -2.26. The quantitative estimate of drug-likeness (QED) is 0.402. The number of halogens is 2. The lowest BCUT2D eigenvalue weighted by atomic mass is 10.1. The fourth-order valence-corrected chi connectivity index (χ4v) is 3.17. The van der Waals surface area contributed by atoms with Crippen LogP contribution in [0.25, 0.3) is 0 Å². The minimum Gasteiger partial charge on any atom is -0.496 e. The molecule has 1 N–H and O–H groups in total. The predicted octanol–water partition coefficient (Wildman–Crippen LogP) is 4.20. The number of methoxy groups -OCH3 is 1. The summed E-state index contributed by atoms with van der Waals surface area (Å²) in [5.41, 5.74) is 3.96. The molecule has 0 heterocycles. The summed E-state index contributed by atoms with van der Waals surface area (Å²) in [7, 11) is 1.38. The Balaban J connectivity index is 2.20. The van der Waals surface area contributed by atoms with E-state index in [-0.39, 0.29) is 17.0 Å². The minimum absolute atomic E-state index is 0.0279. The number of nitro groups is 1. The van der Waals surface area contributed by atoms with Crippen molar-refractivity contribution in [3.8, 4) is 5.75 Å². The molecule has 0 saturated heterocycles. The number of nitrogens with zero attached hydrogens (tertiary/aromatic N) is 2. The second kappa shape index (κ2) is 8.21. The molecular weight excluding hydrogens is 458 g/mol. The van der Waals surface area contributed by atoms with E-state index < -0.39 is 10.8 Å². The normalized spacial score (nSPS) is 10.7. The van der Waals surface area contributed by atoms with Gasteiger partial charge >= 0.3 is 0 Å². The molecule has 2 aromatic rings. The van der Waals surface area contributed by atoms with Crippen LogP contribution in [0.15, 0.2) is 44.4 Å². The number of nitro benzene ring substituents is 1. The second-order valence-corrected chi connectivity index (χ2v) is 6.66. The fourth-order valence-electron chi connectivity index (χ4n) is 1.95. The van der Waals surface area contributed by atoms with Crippen molar-refractivity contribution in [3.63, 3.8) is 0 Å². The number of hydrazone groups is 1. The summed E-state index contributed by atoms with van der Waals surface area (Å²) >= 11 is 6.87. The number of ether oxygens (including phenoxy) is 1. The number of carbonyl (C=O) groups is 1. The van der Waals surface area contributed by atoms with Crippen molar-refractivity contribution in [3.05, 3.63) is 66.1 Å². The third-order valence-electron chi connectivity index (χ3n) is 3.32. The zero-order chi connectivity index (χ0) is 18.6. The van der Waals surface area contributed by atoms with Gasteiger partial charge in [0.25, 0.3) is 11.6 Å². The summed E-state index contributed by atoms with van der Waals surface area (Å²) in [4.78, 5) is 22.5. The van der Waals surface area contributed by atoms with Crippen LogP contribution in [0, 0.1) is 17.0 Å². The number of hydrogen-bond donors (Lipinski definition) is 1. The van der Waals surface area contributed by atoms with E-state index in [0.717, 1.165) is 26.1 Å². The van der Waals surface area contributed by atoms with Gasteiger partial charge < -0.3 is 4.74 Å². The molecule has 0 aliphatic rings. The molecule has 0 aliphatic carbocycles. The molecule has 0 spiro atoms. The van der Waals surface area contributed by atoms with Gasteiger partial charge in [-0.15, -0.1) is 0 Å². The van der Waals surface area contributed by atoms with Gasteiger partial charge in [-0.05, 0) is 36.2 Å². The molecule has 9 heteroatoms. The molecule has 0 aromatic heterocycles. The SMILES string of the molecule is COc1ccc([N+](=O)[O-])cc1C(=O)N/N=C\c1cc(Br)c(C)c(Br)c1. The highest BCUT2D eigenvalue weighted by Gasteiger charge is 2.17. The molecule has 0 bridgehead atoms. The lowest BCUT2D eigenvalue weighted by molar-refractivity contribution is -0.384. The number of non-ortho nitro benzene ring substituents is 1. The van der Waals surface area contributed by atoms with E-state index in [9.17, 15) is 14.9 Å². The molecule has 2 rings (SSSR count). The molecule has 0 aliphatic heterocycles. The monoisotopic (exact) mass is 469 g/mol. The highest BCUT2D eigenvalue weighted by atomic mass is 79.9. The van der Waals surface area contributed by atoms with Gasteiger partial charge in [0.15, 0.2) is 0 Å². The third kappa shape index (κ3) is 4.64. The lowest BCUT2D eigenvalue weighted by Gasteiger charge is -2.07. The van der Waals surface area contributed by atoms with Gasteiger partial charge in [0.1, 0.15) is 5.75 Å². The molecule has 130 valence electrons. The van der Waals surface area contributed by atoms with Crippen LogP contribution in [-0.4, -0.2) is 24.2 Å². The van der Waals surface area contributed by atoms with Gasteiger partial charge in [0.05, 0.1) is 23.8 Å². The second-order valence-electron chi connectivity index (χ2n) is 4.95. The average molecular weight is 471 g/mol. The first-order valence-electron chi connectivity index (χ1n) is 6.95. The average Bonchev–Trinajstić information content (AvgIpc) is 2.58. The summed E-state index contributed by atoms with van der Waals surface area (Å²) in [6.45, 7) is 1.95. The van der Waals surface area contributed by atoms with E-state index in [0.29, 0.717) is 0 Å². The Morgan fingerprint density at radius 2 is 1.92 bits per heavy atom. The topological polar surface area (TPSA) is 93.8 Å². The van der Waals surface area contributed by atoms with Crippen LogP contribution in [0.4, 0.5) is 5.69 Å². The lowest BCUT2D eigenvalue weighted by Crippen LogP contribution is -2.18. The predicted molar refractivity (Wildman–Crippen MR) is 101 cm³/mol. The van der Waals surface area contributed by atoms with Gasteiger partial charge in [0.2, 0.25) is 0 Å². The molecule has 0 radical (unpaired) electrons. The van der Waals surface area contributed by atoms with Crippen molar-refractivity contribution < 1.29 is 14.5 Å². The maximum absolute atomic E-state index is 12.2. The summed E-state index contributed by atoms with van der Waals surface area (Å²) in [5, 5.41) is 14.7. The summed E-state index contributed by atoms with van der Waals surface area (Å²) < 4.78 is 6.86. The summed E-state index contributed by atoms with van der Waals surface area (Å²) in [5.74, 6) is -0.388. The van der Waals surface area contributed by atoms with Crippen molar-refractivity contribution in [1.29, 1.82) is 0 Å². The molecule has 0 fully saturated rings. The summed E-state index contributed by atoms with van der Waals surface area (Å²) in [6, 6.07) is 7.47. The van der Waals surface area contributed by atoms with Crippen molar-refractivity contribution in [2.45, 2.75) is 6.92 Å². The maximum Gasteiger partial charge on any atom is 0.275 e. The number of hydrogen-bond acceptors (Lipinski definition) is 5. The van der Waals surface area contributed by atoms with E-state index in [1.807, 2.05) is 19.1 Å². The van der Waals surface area contributed by atoms with Gasteiger partial charge in [-0.1, -0.05) is 31.9 Å². The number of carbonyl (C=O) groups excluding carboxylic acids is 1. The highest BCUT2D eigenvalue weighted by molar-refractivity contribution is 9.11. The van der Waals surface area contributed by atoms with Crippen molar-refractivity contribution in [2.75, 3.05) is 7.11 Å². The van der Waals surface area contributed by atoms with Crippen LogP contribution < -0.4 is 10.2 Å². The van der Waals surface area contributed by atoms with Crippen LogP contribution in [0.2, 0.25) is 0 Å². The first-order chi connectivity index (χ1) is 11.8. The summed E-state index contributed by atoms with van der Waals surface area (Å²) in [6.07, 6.45) is 1.47. The number of nitrogens with one attached hydrogen (secondary N) is 1. The Kier molecular flexibility index (Phi) is 6.27. The van der Waals surface area contributed by atoms with Crippen molar-refractivity contribution in [1.82, 2.24) is 5.43 Å². The third-order valence-corrected chi connectivity index (χ3v) is 4.97. The molecular formula is C16H13Br2N3O4. The van der Waals surface area contributed by atoms with Gasteiger partial charge in [-0.3, -0.25) is 14.9 Å². The van der Waals surface area contributed by atoms with E-state index in [2.05, 4.69) is 42.4 Å². The Morgan fingerprint density at radius 1 is 1.28 bits per heavy atom. The molecule has 0 atom stereocenters. The Labute approximate surface area is 160 Å². The van der Waals surface area contributed by atoms with Crippen LogP contribution in [0.5, 0.6) is 5.75 Å². The van der Waals surface area contributed by atoms with E-state index in [1.165, 1.54) is 25.5 Å². The van der Waals surface area contributed by atoms with Crippen LogP contribution >= 0.6 is 31.9 Å². The maximum atomic E-state index is 12.2.